The van der Waals surface area contributed by atoms with Crippen LogP contribution in [0.1, 0.15) is 15.9 Å². The summed E-state index contributed by atoms with van der Waals surface area (Å²) in [6.07, 6.45) is 0. The summed E-state index contributed by atoms with van der Waals surface area (Å²) in [5.41, 5.74) is 1.52. The van der Waals surface area contributed by atoms with Crippen LogP contribution in [0.5, 0.6) is 0 Å². The predicted octanol–water partition coefficient (Wildman–Crippen LogP) is 2.84. The van der Waals surface area contributed by atoms with E-state index in [0.717, 1.165) is 10.8 Å². The molecule has 0 heterocycles. The number of hydrogen-bond acceptors (Lipinski definition) is 1. The molecule has 0 spiro atoms. The second-order valence-electron chi connectivity index (χ2n) is 3.37. The molecule has 0 aromatic heterocycles. The number of rotatable bonds is 1. The van der Waals surface area contributed by atoms with Crippen LogP contribution in [0, 0.1) is 6.92 Å². The molecule has 0 aliphatic carbocycles. The van der Waals surface area contributed by atoms with Crippen molar-refractivity contribution >= 4 is 16.7 Å². The van der Waals surface area contributed by atoms with Crippen molar-refractivity contribution in [2.24, 2.45) is 0 Å². The third-order valence-electron chi connectivity index (χ3n) is 2.24. The molecule has 2 rings (SSSR count). The van der Waals surface area contributed by atoms with Crippen molar-refractivity contribution in [3.63, 3.8) is 0 Å². The summed E-state index contributed by atoms with van der Waals surface area (Å²) in [5, 5.41) is 10.8. The first-order valence-electron chi connectivity index (χ1n) is 4.40. The van der Waals surface area contributed by atoms with Crippen LogP contribution in [-0.4, -0.2) is 11.1 Å². The number of carbonyl (C=O) groups is 1. The van der Waals surface area contributed by atoms with Gasteiger partial charge in [0.05, 0.1) is 5.56 Å². The minimum atomic E-state index is -0.882. The Balaban J connectivity index is 0.00000112. The second kappa shape index (κ2) is 6.96. The first-order chi connectivity index (χ1) is 6.66. The standard InChI is InChI=1S/C12H10O2.2Y/c1-8-2-3-10-7-11(12(13)14)5-4-9(10)6-8;;/h2-7H,1H3,(H,13,14);;. The van der Waals surface area contributed by atoms with Gasteiger partial charge in [0.25, 0.3) is 0 Å². The van der Waals surface area contributed by atoms with Gasteiger partial charge in [-0.25, -0.2) is 4.79 Å². The number of carboxylic acids is 1. The number of aryl methyl sites for hydroxylation is 1. The van der Waals surface area contributed by atoms with Gasteiger partial charge in [0.1, 0.15) is 0 Å². The molecule has 2 aromatic rings. The maximum absolute atomic E-state index is 10.7. The molecule has 0 fully saturated rings. The molecule has 0 saturated heterocycles. The second-order valence-corrected chi connectivity index (χ2v) is 3.37. The Hall–Kier alpha value is 0.378. The molecular weight excluding hydrogens is 354 g/mol. The molecule has 0 atom stereocenters. The van der Waals surface area contributed by atoms with Crippen LogP contribution >= 0.6 is 0 Å². The normalized spacial score (nSPS) is 9.06. The molecular formula is C12H10O2Y2. The van der Waals surface area contributed by atoms with Gasteiger partial charge in [-0.3, -0.25) is 0 Å². The van der Waals surface area contributed by atoms with E-state index in [-0.39, 0.29) is 65.4 Å². The van der Waals surface area contributed by atoms with E-state index in [4.69, 9.17) is 5.11 Å². The van der Waals surface area contributed by atoms with Gasteiger partial charge < -0.3 is 5.11 Å². The van der Waals surface area contributed by atoms with E-state index < -0.39 is 5.97 Å². The number of benzene rings is 2. The number of fused-ring (bicyclic) bond motifs is 1. The van der Waals surface area contributed by atoms with Crippen LogP contribution in [0.3, 0.4) is 0 Å². The van der Waals surface area contributed by atoms with Crippen molar-refractivity contribution in [1.82, 2.24) is 0 Å². The zero-order valence-electron chi connectivity index (χ0n) is 8.97. The van der Waals surface area contributed by atoms with Crippen LogP contribution < -0.4 is 0 Å². The monoisotopic (exact) mass is 364 g/mol. The Labute approximate surface area is 145 Å². The summed E-state index contributed by atoms with van der Waals surface area (Å²) < 4.78 is 0. The zero-order valence-corrected chi connectivity index (χ0v) is 14.7. The third-order valence-corrected chi connectivity index (χ3v) is 2.24. The van der Waals surface area contributed by atoms with Crippen LogP contribution in [-0.2, 0) is 65.4 Å². The Morgan fingerprint density at radius 3 is 2.19 bits per heavy atom. The van der Waals surface area contributed by atoms with E-state index in [1.165, 1.54) is 5.56 Å². The molecule has 0 aliphatic heterocycles. The van der Waals surface area contributed by atoms with Crippen LogP contribution in [0.2, 0.25) is 0 Å². The van der Waals surface area contributed by atoms with E-state index >= 15 is 0 Å². The van der Waals surface area contributed by atoms with Gasteiger partial charge in [-0.2, -0.15) is 0 Å². The van der Waals surface area contributed by atoms with Crippen molar-refractivity contribution in [2.45, 2.75) is 6.92 Å². The minimum absolute atomic E-state index is 0. The third kappa shape index (κ3) is 3.70. The van der Waals surface area contributed by atoms with Crippen molar-refractivity contribution in [1.29, 1.82) is 0 Å². The molecule has 0 saturated carbocycles. The first kappa shape index (κ1) is 16.4. The summed E-state index contributed by atoms with van der Waals surface area (Å²) in [7, 11) is 0. The summed E-state index contributed by atoms with van der Waals surface area (Å²) in [6, 6.07) is 11.1. The fraction of sp³-hybridized carbons (Fsp3) is 0.0833. The predicted molar refractivity (Wildman–Crippen MR) is 55.6 cm³/mol. The van der Waals surface area contributed by atoms with Crippen LogP contribution in [0.25, 0.3) is 10.8 Å². The molecule has 0 aliphatic rings. The summed E-state index contributed by atoms with van der Waals surface area (Å²) in [5.74, 6) is -0.882. The first-order valence-corrected chi connectivity index (χ1v) is 4.40. The summed E-state index contributed by atoms with van der Waals surface area (Å²) in [4.78, 5) is 10.7. The fourth-order valence-corrected chi connectivity index (χ4v) is 1.50. The van der Waals surface area contributed by atoms with E-state index in [1.807, 2.05) is 31.2 Å². The smallest absolute Gasteiger partial charge is 0.335 e. The quantitative estimate of drug-likeness (QED) is 0.845. The van der Waals surface area contributed by atoms with Gasteiger partial charge in [0, 0.05) is 65.4 Å². The van der Waals surface area contributed by atoms with Gasteiger partial charge in [-0.15, -0.1) is 0 Å². The van der Waals surface area contributed by atoms with Crippen LogP contribution in [0.15, 0.2) is 36.4 Å². The molecule has 4 heteroatoms. The van der Waals surface area contributed by atoms with E-state index in [1.54, 1.807) is 12.1 Å². The van der Waals surface area contributed by atoms with Gasteiger partial charge in [0.2, 0.25) is 0 Å². The molecule has 1 N–H and O–H groups in total. The minimum Gasteiger partial charge on any atom is -0.478 e. The van der Waals surface area contributed by atoms with E-state index in [9.17, 15) is 4.79 Å². The van der Waals surface area contributed by atoms with Crippen molar-refractivity contribution < 1.29 is 75.3 Å². The Bertz CT molecular complexity index is 509. The van der Waals surface area contributed by atoms with Gasteiger partial charge in [-0.1, -0.05) is 29.8 Å². The van der Waals surface area contributed by atoms with Crippen molar-refractivity contribution in [3.05, 3.63) is 47.5 Å². The van der Waals surface area contributed by atoms with Crippen LogP contribution in [0.4, 0.5) is 0 Å². The average Bonchev–Trinajstić information content (AvgIpc) is 2.16. The summed E-state index contributed by atoms with van der Waals surface area (Å²) in [6.45, 7) is 2.02. The summed E-state index contributed by atoms with van der Waals surface area (Å²) >= 11 is 0. The molecule has 2 radical (unpaired) electrons. The zero-order chi connectivity index (χ0) is 10.1. The van der Waals surface area contributed by atoms with Gasteiger partial charge >= 0.3 is 5.97 Å². The molecule has 2 aromatic carbocycles. The molecule has 0 bridgehead atoms. The maximum atomic E-state index is 10.7. The Morgan fingerprint density at radius 2 is 1.56 bits per heavy atom. The fourth-order valence-electron chi connectivity index (χ4n) is 1.50. The van der Waals surface area contributed by atoms with Gasteiger partial charge in [-0.05, 0) is 29.8 Å². The molecule has 16 heavy (non-hydrogen) atoms. The molecule has 2 nitrogen and oxygen atoms in total. The SMILES string of the molecule is Cc1ccc2cc(C(=O)O)ccc2c1.[Y].[Y]. The maximum Gasteiger partial charge on any atom is 0.335 e. The number of hydrogen-bond donors (Lipinski definition) is 1. The van der Waals surface area contributed by atoms with E-state index in [0.29, 0.717) is 5.56 Å². The van der Waals surface area contributed by atoms with Crippen molar-refractivity contribution in [2.75, 3.05) is 0 Å². The average molecular weight is 364 g/mol. The number of carboxylic acid groups (broad SMARTS) is 1. The largest absolute Gasteiger partial charge is 0.478 e. The Morgan fingerprint density at radius 1 is 1.00 bits per heavy atom. The molecule has 0 amide bonds. The topological polar surface area (TPSA) is 37.3 Å². The van der Waals surface area contributed by atoms with E-state index in [2.05, 4.69) is 0 Å². The number of aromatic carboxylic acids is 1. The Kier molecular flexibility index (Phi) is 7.12. The molecule has 0 unspecified atom stereocenters. The van der Waals surface area contributed by atoms with Gasteiger partial charge in [0.15, 0.2) is 0 Å². The van der Waals surface area contributed by atoms with Crippen molar-refractivity contribution in [3.8, 4) is 0 Å². The molecule has 76 valence electrons.